The first-order valence-corrected chi connectivity index (χ1v) is 8.95. The van der Waals surface area contributed by atoms with Crippen LogP contribution in [0.3, 0.4) is 0 Å². The standard InChI is InChI=1S/C15H19N3O2S2/c1-11-2-3-12(22-11)8-17-14(19)10-18-5-6-20-13(9-18)15-16-4-7-21-15/h2-4,7,13H,5-6,8-10H2,1H3,(H,17,19)/t13-/m1/s1. The Labute approximate surface area is 137 Å². The molecule has 1 N–H and O–H groups in total. The second-order valence-electron chi connectivity index (χ2n) is 5.25. The molecule has 0 aromatic carbocycles. The first kappa shape index (κ1) is 15.6. The summed E-state index contributed by atoms with van der Waals surface area (Å²) in [6.07, 6.45) is 1.78. The molecule has 0 saturated carbocycles. The maximum Gasteiger partial charge on any atom is 0.234 e. The van der Waals surface area contributed by atoms with Gasteiger partial charge in [-0.3, -0.25) is 9.69 Å². The number of rotatable bonds is 5. The zero-order valence-electron chi connectivity index (χ0n) is 12.4. The number of aryl methyl sites for hydroxylation is 1. The molecule has 0 aliphatic carbocycles. The number of nitrogens with one attached hydrogen (secondary N) is 1. The minimum Gasteiger partial charge on any atom is -0.368 e. The highest BCUT2D eigenvalue weighted by molar-refractivity contribution is 7.11. The van der Waals surface area contributed by atoms with Crippen LogP contribution in [0.5, 0.6) is 0 Å². The number of nitrogens with zero attached hydrogens (tertiary/aromatic N) is 2. The van der Waals surface area contributed by atoms with Crippen molar-refractivity contribution in [3.63, 3.8) is 0 Å². The quantitative estimate of drug-likeness (QED) is 0.909. The molecular formula is C15H19N3O2S2. The number of amides is 1. The van der Waals surface area contributed by atoms with E-state index in [9.17, 15) is 4.79 Å². The van der Waals surface area contributed by atoms with E-state index in [4.69, 9.17) is 4.74 Å². The average molecular weight is 337 g/mol. The number of aromatic nitrogens is 1. The lowest BCUT2D eigenvalue weighted by Gasteiger charge is -2.31. The molecule has 7 heteroatoms. The fourth-order valence-corrected chi connectivity index (χ4v) is 3.92. The summed E-state index contributed by atoms with van der Waals surface area (Å²) in [6.45, 7) is 5.24. The smallest absolute Gasteiger partial charge is 0.234 e. The summed E-state index contributed by atoms with van der Waals surface area (Å²) in [5.74, 6) is 0.0610. The van der Waals surface area contributed by atoms with Crippen molar-refractivity contribution in [2.75, 3.05) is 26.2 Å². The van der Waals surface area contributed by atoms with Gasteiger partial charge >= 0.3 is 0 Å². The minimum atomic E-state index is -0.0125. The molecule has 1 saturated heterocycles. The lowest BCUT2D eigenvalue weighted by molar-refractivity contribution is -0.124. The maximum absolute atomic E-state index is 12.1. The Kier molecular flexibility index (Phi) is 5.20. The number of ether oxygens (including phenoxy) is 1. The molecular weight excluding hydrogens is 318 g/mol. The van der Waals surface area contributed by atoms with Crippen LogP contribution in [0, 0.1) is 6.92 Å². The number of thiazole rings is 1. The van der Waals surface area contributed by atoms with Gasteiger partial charge in [-0.2, -0.15) is 0 Å². The zero-order chi connectivity index (χ0) is 15.4. The molecule has 1 aliphatic rings. The van der Waals surface area contributed by atoms with E-state index >= 15 is 0 Å². The molecule has 0 bridgehead atoms. The van der Waals surface area contributed by atoms with E-state index in [2.05, 4.69) is 34.3 Å². The van der Waals surface area contributed by atoms with E-state index in [0.29, 0.717) is 19.7 Å². The van der Waals surface area contributed by atoms with Gasteiger partial charge in [-0.05, 0) is 19.1 Å². The number of carbonyl (C=O) groups is 1. The molecule has 118 valence electrons. The zero-order valence-corrected chi connectivity index (χ0v) is 14.1. The molecule has 1 amide bonds. The highest BCUT2D eigenvalue weighted by Crippen LogP contribution is 2.23. The Morgan fingerprint density at radius 1 is 1.55 bits per heavy atom. The molecule has 0 spiro atoms. The van der Waals surface area contributed by atoms with Crippen LogP contribution in [0.25, 0.3) is 0 Å². The molecule has 22 heavy (non-hydrogen) atoms. The maximum atomic E-state index is 12.1. The minimum absolute atomic E-state index is 0.0125. The third-order valence-electron chi connectivity index (χ3n) is 3.50. The second-order valence-corrected chi connectivity index (χ2v) is 7.55. The van der Waals surface area contributed by atoms with Crippen LogP contribution >= 0.6 is 22.7 Å². The number of hydrogen-bond donors (Lipinski definition) is 1. The summed E-state index contributed by atoms with van der Waals surface area (Å²) in [6, 6.07) is 4.14. The Balaban J connectivity index is 1.46. The van der Waals surface area contributed by atoms with Crippen molar-refractivity contribution in [1.82, 2.24) is 15.2 Å². The van der Waals surface area contributed by atoms with Gasteiger partial charge in [0.2, 0.25) is 5.91 Å². The van der Waals surface area contributed by atoms with Gasteiger partial charge < -0.3 is 10.1 Å². The van der Waals surface area contributed by atoms with Crippen molar-refractivity contribution in [3.8, 4) is 0 Å². The molecule has 3 rings (SSSR count). The van der Waals surface area contributed by atoms with Crippen LogP contribution in [-0.4, -0.2) is 42.0 Å². The Morgan fingerprint density at radius 2 is 2.45 bits per heavy atom. The largest absolute Gasteiger partial charge is 0.368 e. The van der Waals surface area contributed by atoms with Gasteiger partial charge in [0.1, 0.15) is 11.1 Å². The fraction of sp³-hybridized carbons (Fsp3) is 0.467. The van der Waals surface area contributed by atoms with Crippen LogP contribution in [0.1, 0.15) is 20.9 Å². The molecule has 1 aliphatic heterocycles. The number of carbonyl (C=O) groups excluding carboxylic acids is 1. The predicted molar refractivity (Wildman–Crippen MR) is 88.1 cm³/mol. The molecule has 2 aromatic rings. The molecule has 0 unspecified atom stereocenters. The highest BCUT2D eigenvalue weighted by atomic mass is 32.1. The van der Waals surface area contributed by atoms with E-state index in [0.717, 1.165) is 18.1 Å². The van der Waals surface area contributed by atoms with Gasteiger partial charge in [0.25, 0.3) is 0 Å². The fourth-order valence-electron chi connectivity index (χ4n) is 2.41. The van der Waals surface area contributed by atoms with E-state index in [1.54, 1.807) is 28.9 Å². The Bertz CT molecular complexity index is 612. The van der Waals surface area contributed by atoms with Gasteiger partial charge in [-0.25, -0.2) is 4.98 Å². The Hall–Kier alpha value is -1.28. The van der Waals surface area contributed by atoms with Crippen molar-refractivity contribution in [3.05, 3.63) is 38.5 Å². The lowest BCUT2D eigenvalue weighted by atomic mass is 10.2. The number of thiophene rings is 1. The third kappa shape index (κ3) is 4.13. The first-order chi connectivity index (χ1) is 10.7. The summed E-state index contributed by atoms with van der Waals surface area (Å²) in [4.78, 5) is 21.0. The number of hydrogen-bond acceptors (Lipinski definition) is 6. The molecule has 2 aromatic heterocycles. The monoisotopic (exact) mass is 337 g/mol. The van der Waals surface area contributed by atoms with Gasteiger partial charge in [0, 0.05) is 34.4 Å². The summed E-state index contributed by atoms with van der Waals surface area (Å²) < 4.78 is 5.74. The lowest BCUT2D eigenvalue weighted by Crippen LogP contribution is -2.44. The van der Waals surface area contributed by atoms with Crippen LogP contribution in [0.4, 0.5) is 0 Å². The predicted octanol–water partition coefficient (Wildman–Crippen LogP) is 2.20. The average Bonchev–Trinajstić information content (AvgIpc) is 3.17. The normalized spacial score (nSPS) is 19.2. The second kappa shape index (κ2) is 7.32. The van der Waals surface area contributed by atoms with Crippen LogP contribution in [0.15, 0.2) is 23.7 Å². The third-order valence-corrected chi connectivity index (χ3v) is 5.37. The van der Waals surface area contributed by atoms with Crippen LogP contribution < -0.4 is 5.32 Å². The van der Waals surface area contributed by atoms with E-state index in [1.165, 1.54) is 9.75 Å². The van der Waals surface area contributed by atoms with Crippen LogP contribution in [0.2, 0.25) is 0 Å². The van der Waals surface area contributed by atoms with Gasteiger partial charge in [0.15, 0.2) is 0 Å². The van der Waals surface area contributed by atoms with E-state index in [-0.39, 0.29) is 12.0 Å². The van der Waals surface area contributed by atoms with Crippen molar-refractivity contribution in [2.45, 2.75) is 19.6 Å². The number of morpholine rings is 1. The summed E-state index contributed by atoms with van der Waals surface area (Å²) in [5.41, 5.74) is 0. The van der Waals surface area contributed by atoms with Crippen molar-refractivity contribution in [1.29, 1.82) is 0 Å². The first-order valence-electron chi connectivity index (χ1n) is 7.26. The molecule has 1 atom stereocenters. The van der Waals surface area contributed by atoms with Crippen LogP contribution in [-0.2, 0) is 16.1 Å². The van der Waals surface area contributed by atoms with Crippen molar-refractivity contribution >= 4 is 28.6 Å². The van der Waals surface area contributed by atoms with Gasteiger partial charge in [-0.15, -0.1) is 22.7 Å². The SMILES string of the molecule is Cc1ccc(CNC(=O)CN2CCO[C@@H](c3nccs3)C2)s1. The molecule has 5 nitrogen and oxygen atoms in total. The molecule has 1 fully saturated rings. The summed E-state index contributed by atoms with van der Waals surface area (Å²) in [5, 5.41) is 5.92. The topological polar surface area (TPSA) is 54.5 Å². The summed E-state index contributed by atoms with van der Waals surface area (Å²) >= 11 is 3.32. The van der Waals surface area contributed by atoms with Gasteiger partial charge in [0.05, 0.1) is 19.7 Å². The van der Waals surface area contributed by atoms with E-state index < -0.39 is 0 Å². The molecule has 0 radical (unpaired) electrons. The molecule has 3 heterocycles. The van der Waals surface area contributed by atoms with Crippen molar-refractivity contribution < 1.29 is 9.53 Å². The van der Waals surface area contributed by atoms with E-state index in [1.807, 2.05) is 5.38 Å². The Morgan fingerprint density at radius 3 is 3.18 bits per heavy atom. The summed E-state index contributed by atoms with van der Waals surface area (Å²) in [7, 11) is 0. The van der Waals surface area contributed by atoms with Crippen molar-refractivity contribution in [2.24, 2.45) is 0 Å². The highest BCUT2D eigenvalue weighted by Gasteiger charge is 2.24. The van der Waals surface area contributed by atoms with Gasteiger partial charge in [-0.1, -0.05) is 0 Å².